The Bertz CT molecular complexity index is 414. The van der Waals surface area contributed by atoms with Crippen LogP contribution in [0.3, 0.4) is 0 Å². The highest BCUT2D eigenvalue weighted by molar-refractivity contribution is 7.98. The first-order valence-corrected chi connectivity index (χ1v) is 7.42. The van der Waals surface area contributed by atoms with Crippen LogP contribution in [0.1, 0.15) is 19.4 Å². The number of rotatable bonds is 5. The van der Waals surface area contributed by atoms with Gasteiger partial charge in [0.2, 0.25) is 0 Å². The minimum atomic E-state index is -0.0506. The molecule has 1 fully saturated rings. The Morgan fingerprint density at radius 2 is 2.00 bits per heavy atom. The second-order valence-electron chi connectivity index (χ2n) is 5.43. The summed E-state index contributed by atoms with van der Waals surface area (Å²) in [6, 6.07) is 10.4. The van der Waals surface area contributed by atoms with E-state index in [1.54, 1.807) is 0 Å². The first-order chi connectivity index (χ1) is 8.57. The lowest BCUT2D eigenvalue weighted by Gasteiger charge is -2.03. The zero-order valence-electron chi connectivity index (χ0n) is 11.2. The van der Waals surface area contributed by atoms with Gasteiger partial charge in [-0.05, 0) is 22.6 Å². The van der Waals surface area contributed by atoms with Crippen LogP contribution in [0.2, 0.25) is 0 Å². The molecule has 3 heteroatoms. The summed E-state index contributed by atoms with van der Waals surface area (Å²) in [6.07, 6.45) is 0. The molecule has 1 saturated carbocycles. The fourth-order valence-corrected chi connectivity index (χ4v) is 3.95. The summed E-state index contributed by atoms with van der Waals surface area (Å²) in [5.74, 6) is 2.54. The molecule has 1 aromatic rings. The first kappa shape index (κ1) is 13.5. The second kappa shape index (κ2) is 5.35. The molecular formula is C15H20O2S. The van der Waals surface area contributed by atoms with Crippen LogP contribution in [0.25, 0.3) is 0 Å². The molecule has 0 aliphatic heterocycles. The molecule has 2 rings (SSSR count). The minimum Gasteiger partial charge on any atom is -0.469 e. The van der Waals surface area contributed by atoms with E-state index in [-0.39, 0.29) is 17.3 Å². The Balaban J connectivity index is 1.80. The summed E-state index contributed by atoms with van der Waals surface area (Å²) >= 11 is 1.90. The van der Waals surface area contributed by atoms with Crippen molar-refractivity contribution < 1.29 is 9.53 Å². The number of methoxy groups -OCH3 is 1. The molecule has 0 N–H and O–H groups in total. The van der Waals surface area contributed by atoms with Crippen LogP contribution in [0.4, 0.5) is 0 Å². The minimum absolute atomic E-state index is 0.0506. The molecule has 0 amide bonds. The molecule has 2 nitrogen and oxygen atoms in total. The molecule has 1 aromatic carbocycles. The van der Waals surface area contributed by atoms with E-state index in [1.165, 1.54) is 12.7 Å². The van der Waals surface area contributed by atoms with Gasteiger partial charge in [0.15, 0.2) is 0 Å². The highest BCUT2D eigenvalue weighted by Crippen LogP contribution is 2.59. The topological polar surface area (TPSA) is 26.3 Å². The summed E-state index contributed by atoms with van der Waals surface area (Å²) in [5.41, 5.74) is 1.45. The number of thioether (sulfide) groups is 1. The van der Waals surface area contributed by atoms with Crippen molar-refractivity contribution in [3.8, 4) is 0 Å². The summed E-state index contributed by atoms with van der Waals surface area (Å²) < 4.78 is 4.86. The maximum Gasteiger partial charge on any atom is 0.309 e. The summed E-state index contributed by atoms with van der Waals surface area (Å²) in [6.45, 7) is 4.31. The molecule has 2 atom stereocenters. The lowest BCUT2D eigenvalue weighted by Crippen LogP contribution is -2.07. The number of carbonyl (C=O) groups is 1. The van der Waals surface area contributed by atoms with Crippen LogP contribution >= 0.6 is 11.8 Å². The molecule has 98 valence electrons. The number of hydrogen-bond acceptors (Lipinski definition) is 3. The van der Waals surface area contributed by atoms with Gasteiger partial charge in [0.1, 0.15) is 0 Å². The average Bonchev–Trinajstić information content (AvgIpc) is 2.92. The van der Waals surface area contributed by atoms with Crippen LogP contribution < -0.4 is 0 Å². The monoisotopic (exact) mass is 264 g/mol. The van der Waals surface area contributed by atoms with E-state index < -0.39 is 0 Å². The van der Waals surface area contributed by atoms with Crippen molar-refractivity contribution in [2.45, 2.75) is 19.6 Å². The third-order valence-electron chi connectivity index (χ3n) is 3.91. The Labute approximate surface area is 113 Å². The molecule has 1 aliphatic rings. The van der Waals surface area contributed by atoms with Gasteiger partial charge in [0, 0.05) is 5.75 Å². The molecule has 0 heterocycles. The van der Waals surface area contributed by atoms with E-state index in [2.05, 4.69) is 38.1 Å². The van der Waals surface area contributed by atoms with Crippen LogP contribution in [0, 0.1) is 17.3 Å². The highest BCUT2D eigenvalue weighted by atomic mass is 32.2. The third-order valence-corrected chi connectivity index (χ3v) is 5.05. The Morgan fingerprint density at radius 3 is 2.61 bits per heavy atom. The summed E-state index contributed by atoms with van der Waals surface area (Å²) in [4.78, 5) is 11.6. The number of benzene rings is 1. The molecule has 0 unspecified atom stereocenters. The zero-order valence-corrected chi connectivity index (χ0v) is 12.0. The van der Waals surface area contributed by atoms with E-state index in [4.69, 9.17) is 4.74 Å². The second-order valence-corrected chi connectivity index (χ2v) is 6.46. The van der Waals surface area contributed by atoms with Gasteiger partial charge < -0.3 is 4.74 Å². The maximum atomic E-state index is 11.6. The van der Waals surface area contributed by atoms with E-state index in [1.807, 2.05) is 17.8 Å². The van der Waals surface area contributed by atoms with Crippen molar-refractivity contribution in [3.05, 3.63) is 35.9 Å². The van der Waals surface area contributed by atoms with Crippen molar-refractivity contribution in [2.24, 2.45) is 17.3 Å². The van der Waals surface area contributed by atoms with Crippen LogP contribution in [-0.4, -0.2) is 18.8 Å². The quantitative estimate of drug-likeness (QED) is 0.763. The fourth-order valence-electron chi connectivity index (χ4n) is 2.53. The number of ether oxygens (including phenoxy) is 1. The predicted molar refractivity (Wildman–Crippen MR) is 75.4 cm³/mol. The largest absolute Gasteiger partial charge is 0.469 e. The maximum absolute atomic E-state index is 11.6. The molecule has 18 heavy (non-hydrogen) atoms. The summed E-state index contributed by atoms with van der Waals surface area (Å²) in [5, 5.41) is 0. The van der Waals surface area contributed by atoms with Gasteiger partial charge in [0.05, 0.1) is 13.0 Å². The van der Waals surface area contributed by atoms with E-state index >= 15 is 0 Å². The molecule has 0 aromatic heterocycles. The molecule has 0 saturated heterocycles. The van der Waals surface area contributed by atoms with Crippen LogP contribution in [0.15, 0.2) is 30.3 Å². The zero-order chi connectivity index (χ0) is 13.2. The van der Waals surface area contributed by atoms with Crippen molar-refractivity contribution in [1.29, 1.82) is 0 Å². The smallest absolute Gasteiger partial charge is 0.309 e. The number of hydrogen-bond donors (Lipinski definition) is 0. The standard InChI is InChI=1S/C15H20O2S/c1-15(2)12(13(15)14(16)17-3)10-18-9-11-7-5-4-6-8-11/h4-8,12-13H,9-10H2,1-3H3/t12-,13-/m0/s1. The van der Waals surface area contributed by atoms with Gasteiger partial charge >= 0.3 is 5.97 Å². The number of esters is 1. The van der Waals surface area contributed by atoms with Gasteiger partial charge in [-0.25, -0.2) is 0 Å². The SMILES string of the molecule is COC(=O)[C@@H]1[C@H](CSCc2ccccc2)C1(C)C. The van der Waals surface area contributed by atoms with Crippen molar-refractivity contribution in [3.63, 3.8) is 0 Å². The first-order valence-electron chi connectivity index (χ1n) is 6.27. The molecule has 0 radical (unpaired) electrons. The van der Waals surface area contributed by atoms with Crippen LogP contribution in [0.5, 0.6) is 0 Å². The Kier molecular flexibility index (Phi) is 4.00. The fraction of sp³-hybridized carbons (Fsp3) is 0.533. The van der Waals surface area contributed by atoms with Crippen LogP contribution in [-0.2, 0) is 15.3 Å². The Morgan fingerprint density at radius 1 is 1.33 bits per heavy atom. The van der Waals surface area contributed by atoms with Crippen molar-refractivity contribution in [1.82, 2.24) is 0 Å². The number of carbonyl (C=O) groups excluding carboxylic acids is 1. The van der Waals surface area contributed by atoms with E-state index in [9.17, 15) is 4.79 Å². The van der Waals surface area contributed by atoms with Gasteiger partial charge in [-0.3, -0.25) is 4.79 Å². The summed E-state index contributed by atoms with van der Waals surface area (Å²) in [7, 11) is 1.48. The Hall–Kier alpha value is -0.960. The predicted octanol–water partition coefficient (Wildman–Crippen LogP) is 3.37. The lowest BCUT2D eigenvalue weighted by atomic mass is 10.1. The van der Waals surface area contributed by atoms with E-state index in [0.717, 1.165) is 11.5 Å². The average molecular weight is 264 g/mol. The van der Waals surface area contributed by atoms with Crippen molar-refractivity contribution in [2.75, 3.05) is 12.9 Å². The third kappa shape index (κ3) is 2.72. The van der Waals surface area contributed by atoms with Gasteiger partial charge in [-0.2, -0.15) is 11.8 Å². The molecule has 0 spiro atoms. The lowest BCUT2D eigenvalue weighted by molar-refractivity contribution is -0.143. The van der Waals surface area contributed by atoms with Crippen molar-refractivity contribution >= 4 is 17.7 Å². The van der Waals surface area contributed by atoms with Gasteiger partial charge in [0.25, 0.3) is 0 Å². The molecular weight excluding hydrogens is 244 g/mol. The normalized spacial score (nSPS) is 24.6. The molecule has 1 aliphatic carbocycles. The van der Waals surface area contributed by atoms with Gasteiger partial charge in [-0.1, -0.05) is 44.2 Å². The van der Waals surface area contributed by atoms with Gasteiger partial charge in [-0.15, -0.1) is 0 Å². The van der Waals surface area contributed by atoms with E-state index in [0.29, 0.717) is 5.92 Å². The highest BCUT2D eigenvalue weighted by Gasteiger charge is 2.61. The molecule has 0 bridgehead atoms.